The zero-order valence-corrected chi connectivity index (χ0v) is 7.49. The van der Waals surface area contributed by atoms with Gasteiger partial charge in [-0.05, 0) is 23.0 Å². The maximum absolute atomic E-state index is 9.66. The number of carbonyl (C=O) groups excluding carboxylic acids is 2. The number of hydrogen-bond acceptors (Lipinski definition) is 5. The first-order valence-corrected chi connectivity index (χ1v) is 5.72. The van der Waals surface area contributed by atoms with Gasteiger partial charge in [-0.15, -0.1) is 0 Å². The Morgan fingerprint density at radius 1 is 1.27 bits per heavy atom. The first-order chi connectivity index (χ1) is 5.12. The molecule has 2 N–H and O–H groups in total. The van der Waals surface area contributed by atoms with Crippen molar-refractivity contribution in [1.82, 2.24) is 11.0 Å². The third-order valence-corrected chi connectivity index (χ3v) is 1.93. The molecule has 0 aromatic carbocycles. The average molecular weight is 219 g/mol. The van der Waals surface area contributed by atoms with Crippen molar-refractivity contribution < 1.29 is 18.8 Å². The van der Waals surface area contributed by atoms with Gasteiger partial charge in [-0.2, -0.15) is 9.25 Å². The molecular weight excluding hydrogens is 215 g/mol. The van der Waals surface area contributed by atoms with E-state index in [9.17, 15) is 9.59 Å². The van der Waals surface area contributed by atoms with Gasteiger partial charge >= 0.3 is 5.84 Å². The van der Waals surface area contributed by atoms with Crippen molar-refractivity contribution in [3.8, 4) is 0 Å². The Morgan fingerprint density at radius 2 is 1.64 bits per heavy atom. The first-order valence-electron chi connectivity index (χ1n) is 2.17. The lowest BCUT2D eigenvalue weighted by Gasteiger charge is -2.10. The minimum atomic E-state index is -3.10. The molecule has 11 heavy (non-hydrogen) atoms. The normalized spacial score (nSPS) is 10.3. The van der Waals surface area contributed by atoms with E-state index >= 15 is 0 Å². The summed E-state index contributed by atoms with van der Waals surface area (Å²) < 4.78 is 8.62. The summed E-state index contributed by atoms with van der Waals surface area (Å²) in [6, 6.07) is 0. The maximum atomic E-state index is 9.66. The van der Waals surface area contributed by atoms with Crippen LogP contribution in [0.2, 0.25) is 0 Å². The molecule has 0 radical (unpaired) electrons. The highest BCUT2D eigenvalue weighted by atomic mass is 35.7. The SMILES string of the molecule is O=CNOP(=S)(Cl)ONC=O. The number of hydroxylamine groups is 2. The summed E-state index contributed by atoms with van der Waals surface area (Å²) in [4.78, 5) is 19.3. The summed E-state index contributed by atoms with van der Waals surface area (Å²) >= 11 is 9.80. The fraction of sp³-hybridized carbons (Fsp3) is 0. The number of hydrogen-bond donors (Lipinski definition) is 2. The fourth-order valence-corrected chi connectivity index (χ4v) is 1.06. The molecule has 0 unspecified atom stereocenters. The Hall–Kier alpha value is -0.200. The van der Waals surface area contributed by atoms with Crippen molar-refractivity contribution >= 4 is 41.7 Å². The largest absolute Gasteiger partial charge is 0.325 e. The molecule has 0 rings (SSSR count). The molecule has 2 amide bonds. The highest BCUT2D eigenvalue weighted by molar-refractivity contribution is 8.22. The Kier molecular flexibility index (Phi) is 5.35. The molecule has 0 aliphatic heterocycles. The molecule has 0 bridgehead atoms. The second-order valence-corrected chi connectivity index (χ2v) is 5.69. The van der Waals surface area contributed by atoms with Crippen molar-refractivity contribution in [2.24, 2.45) is 0 Å². The average Bonchev–Trinajstić information content (AvgIpc) is 1.97. The molecule has 0 spiro atoms. The van der Waals surface area contributed by atoms with Gasteiger partial charge in [0, 0.05) is 0 Å². The van der Waals surface area contributed by atoms with Crippen molar-refractivity contribution in [1.29, 1.82) is 0 Å². The molecule has 0 aromatic heterocycles. The van der Waals surface area contributed by atoms with Crippen molar-refractivity contribution in [2.75, 3.05) is 0 Å². The zero-order valence-electron chi connectivity index (χ0n) is 5.02. The predicted octanol–water partition coefficient (Wildman–Crippen LogP) is -0.195. The molecule has 0 saturated heterocycles. The summed E-state index contributed by atoms with van der Waals surface area (Å²) in [6.45, 7) is 0. The van der Waals surface area contributed by atoms with E-state index in [4.69, 9.17) is 11.2 Å². The Labute approximate surface area is 72.1 Å². The lowest BCUT2D eigenvalue weighted by Crippen LogP contribution is -2.14. The third kappa shape index (κ3) is 6.21. The minimum absolute atomic E-state index is 0.230. The van der Waals surface area contributed by atoms with E-state index in [1.165, 1.54) is 0 Å². The van der Waals surface area contributed by atoms with Gasteiger partial charge in [0.05, 0.1) is 0 Å². The van der Waals surface area contributed by atoms with Gasteiger partial charge in [0.25, 0.3) is 0 Å². The monoisotopic (exact) mass is 218 g/mol. The highest BCUT2D eigenvalue weighted by Gasteiger charge is 2.15. The van der Waals surface area contributed by atoms with Crippen LogP contribution in [-0.2, 0) is 30.6 Å². The molecule has 0 saturated carbocycles. The maximum Gasteiger partial charge on any atom is 0.325 e. The van der Waals surface area contributed by atoms with Crippen LogP contribution in [0.5, 0.6) is 0 Å². The van der Waals surface area contributed by atoms with E-state index in [1.807, 2.05) is 0 Å². The van der Waals surface area contributed by atoms with Crippen LogP contribution in [0.1, 0.15) is 0 Å². The number of rotatable bonds is 6. The van der Waals surface area contributed by atoms with E-state index in [0.29, 0.717) is 0 Å². The lowest BCUT2D eigenvalue weighted by atomic mass is 11.5. The molecule has 0 atom stereocenters. The van der Waals surface area contributed by atoms with Gasteiger partial charge in [-0.25, -0.2) is 11.0 Å². The van der Waals surface area contributed by atoms with Crippen LogP contribution < -0.4 is 11.0 Å². The van der Waals surface area contributed by atoms with Crippen molar-refractivity contribution in [2.45, 2.75) is 0 Å². The zero-order chi connectivity index (χ0) is 8.74. The number of carbonyl (C=O) groups is 2. The van der Waals surface area contributed by atoms with Gasteiger partial charge in [0.15, 0.2) is 0 Å². The van der Waals surface area contributed by atoms with E-state index < -0.39 is 5.84 Å². The van der Waals surface area contributed by atoms with Crippen LogP contribution in [0, 0.1) is 0 Å². The number of nitrogens with one attached hydrogen (secondary N) is 2. The smallest absolute Gasteiger partial charge is 0.277 e. The topological polar surface area (TPSA) is 76.7 Å². The van der Waals surface area contributed by atoms with Crippen LogP contribution in [0.4, 0.5) is 0 Å². The Bertz CT molecular complexity index is 173. The second-order valence-electron chi connectivity index (χ2n) is 1.08. The number of halogens is 1. The molecule has 0 heterocycles. The van der Waals surface area contributed by atoms with Crippen LogP contribution in [-0.4, -0.2) is 12.8 Å². The Morgan fingerprint density at radius 3 is 1.91 bits per heavy atom. The van der Waals surface area contributed by atoms with Gasteiger partial charge in [-0.1, -0.05) is 0 Å². The van der Waals surface area contributed by atoms with Crippen molar-refractivity contribution in [3.05, 3.63) is 0 Å². The fourth-order valence-electron chi connectivity index (χ4n) is 0.188. The van der Waals surface area contributed by atoms with Crippen LogP contribution in [0.25, 0.3) is 0 Å². The summed E-state index contributed by atoms with van der Waals surface area (Å²) in [5.74, 6) is -3.10. The molecule has 0 aliphatic rings. The molecule has 64 valence electrons. The summed E-state index contributed by atoms with van der Waals surface area (Å²) in [5, 5.41) is 0. The van der Waals surface area contributed by atoms with Crippen molar-refractivity contribution in [3.63, 3.8) is 0 Å². The molecular formula is C2H4ClN2O4PS. The summed E-state index contributed by atoms with van der Waals surface area (Å²) in [6.07, 6.45) is 0.460. The van der Waals surface area contributed by atoms with E-state index in [2.05, 4.69) is 21.1 Å². The standard InChI is InChI=1S/C2H4ClN2O4PS/c3-10(11,8-4-1-6)9-5-2-7/h1-2H,(H,4,6)(H,5,7). The Balaban J connectivity index is 3.69. The predicted molar refractivity (Wildman–Crippen MR) is 40.7 cm³/mol. The highest BCUT2D eigenvalue weighted by Crippen LogP contribution is 2.51. The second kappa shape index (κ2) is 5.45. The van der Waals surface area contributed by atoms with Gasteiger partial charge in [0.1, 0.15) is 0 Å². The molecule has 0 aromatic rings. The first kappa shape index (κ1) is 10.8. The molecule has 9 heteroatoms. The van der Waals surface area contributed by atoms with Gasteiger partial charge in [-0.3, -0.25) is 9.59 Å². The summed E-state index contributed by atoms with van der Waals surface area (Å²) in [5.41, 5.74) is 3.50. The number of amides is 2. The quantitative estimate of drug-likeness (QED) is 0.367. The van der Waals surface area contributed by atoms with Gasteiger partial charge < -0.3 is 0 Å². The summed E-state index contributed by atoms with van der Waals surface area (Å²) in [7, 11) is 0. The van der Waals surface area contributed by atoms with Gasteiger partial charge in [0.2, 0.25) is 12.8 Å². The van der Waals surface area contributed by atoms with E-state index in [0.717, 1.165) is 0 Å². The lowest BCUT2D eigenvalue weighted by molar-refractivity contribution is -0.116. The van der Waals surface area contributed by atoms with Crippen LogP contribution in [0.15, 0.2) is 0 Å². The third-order valence-electron chi connectivity index (χ3n) is 0.420. The minimum Gasteiger partial charge on any atom is -0.277 e. The van der Waals surface area contributed by atoms with E-state index in [-0.39, 0.29) is 12.8 Å². The van der Waals surface area contributed by atoms with E-state index in [1.54, 1.807) is 11.0 Å². The van der Waals surface area contributed by atoms with Crippen LogP contribution in [0.3, 0.4) is 0 Å². The molecule has 6 nitrogen and oxygen atoms in total. The van der Waals surface area contributed by atoms with Crippen LogP contribution >= 0.6 is 17.1 Å². The molecule has 0 aliphatic carbocycles. The molecule has 0 fully saturated rings.